The van der Waals surface area contributed by atoms with Crippen LogP contribution >= 0.6 is 11.6 Å². The number of hydrogen-bond donors (Lipinski definition) is 0. The minimum Gasteiger partial charge on any atom is -0.495 e. The first kappa shape index (κ1) is 13.3. The summed E-state index contributed by atoms with van der Waals surface area (Å²) in [6.07, 6.45) is -4.75. The normalized spacial score (nSPS) is 10.8. The van der Waals surface area contributed by atoms with Gasteiger partial charge >= 0.3 is 6.18 Å². The summed E-state index contributed by atoms with van der Waals surface area (Å²) in [6, 6.07) is 2.96. The van der Waals surface area contributed by atoms with Crippen LogP contribution in [0.1, 0.15) is 21.5 Å². The summed E-state index contributed by atoms with van der Waals surface area (Å²) in [5.74, 6) is -0.263. The fourth-order valence-corrected chi connectivity index (χ4v) is 1.39. The molecule has 0 bridgehead atoms. The van der Waals surface area contributed by atoms with Crippen molar-refractivity contribution in [1.82, 2.24) is 0 Å². The highest BCUT2D eigenvalue weighted by atomic mass is 35.5. The van der Waals surface area contributed by atoms with E-state index >= 15 is 0 Å². The molecule has 0 aliphatic rings. The number of rotatable bonds is 2. The molecule has 7 heteroatoms. The Morgan fingerprint density at radius 3 is 2.41 bits per heavy atom. The average Bonchev–Trinajstić information content (AvgIpc) is 2.25. The molecule has 17 heavy (non-hydrogen) atoms. The first-order valence-electron chi connectivity index (χ1n) is 4.20. The molecule has 0 atom stereocenters. The van der Waals surface area contributed by atoms with Gasteiger partial charge in [0.15, 0.2) is 0 Å². The van der Waals surface area contributed by atoms with Crippen molar-refractivity contribution in [2.24, 2.45) is 0 Å². The summed E-state index contributed by atoms with van der Waals surface area (Å²) in [5, 5.41) is 7.40. The van der Waals surface area contributed by atoms with Crippen LogP contribution in [0.3, 0.4) is 0 Å². The maximum absolute atomic E-state index is 12.6. The van der Waals surface area contributed by atoms with Gasteiger partial charge in [0.05, 0.1) is 18.2 Å². The van der Waals surface area contributed by atoms with E-state index in [1.165, 1.54) is 0 Å². The number of carbonyl (C=O) groups excluding carboxylic acids is 1. The number of nitrogens with zero attached hydrogens (tertiary/aromatic N) is 1. The summed E-state index contributed by atoms with van der Waals surface area (Å²) in [5.41, 5.74) is -2.19. The van der Waals surface area contributed by atoms with Crippen LogP contribution in [-0.4, -0.2) is 12.4 Å². The highest BCUT2D eigenvalue weighted by Gasteiger charge is 2.36. The fraction of sp³-hybridized carbons (Fsp3) is 0.200. The van der Waals surface area contributed by atoms with Crippen LogP contribution < -0.4 is 4.74 Å². The van der Waals surface area contributed by atoms with Crippen LogP contribution in [-0.2, 0) is 6.18 Å². The standard InChI is InChI=1S/C10H5ClF3NO2/c1-17-8-3-7(10(12,13)14)6(9(11)16)2-5(8)4-15/h2-3H,1H3. The maximum atomic E-state index is 12.6. The van der Waals surface area contributed by atoms with Crippen LogP contribution in [0.2, 0.25) is 0 Å². The van der Waals surface area contributed by atoms with Gasteiger partial charge in [0, 0.05) is 5.56 Å². The van der Waals surface area contributed by atoms with Crippen molar-refractivity contribution in [3.8, 4) is 11.8 Å². The Morgan fingerprint density at radius 2 is 2.06 bits per heavy atom. The molecule has 0 aliphatic carbocycles. The van der Waals surface area contributed by atoms with E-state index in [4.69, 9.17) is 16.9 Å². The van der Waals surface area contributed by atoms with Gasteiger partial charge < -0.3 is 4.74 Å². The first-order valence-corrected chi connectivity index (χ1v) is 4.58. The van der Waals surface area contributed by atoms with E-state index < -0.39 is 22.5 Å². The van der Waals surface area contributed by atoms with E-state index in [-0.39, 0.29) is 11.3 Å². The Kier molecular flexibility index (Phi) is 3.63. The Balaban J connectivity index is 3.59. The van der Waals surface area contributed by atoms with E-state index in [9.17, 15) is 18.0 Å². The summed E-state index contributed by atoms with van der Waals surface area (Å²) in [4.78, 5) is 10.9. The largest absolute Gasteiger partial charge is 0.495 e. The second kappa shape index (κ2) is 4.63. The Morgan fingerprint density at radius 1 is 1.47 bits per heavy atom. The molecule has 0 saturated heterocycles. The third kappa shape index (κ3) is 2.68. The zero-order valence-corrected chi connectivity index (χ0v) is 9.19. The summed E-state index contributed by atoms with van der Waals surface area (Å²) in [7, 11) is 1.12. The molecule has 0 radical (unpaired) electrons. The summed E-state index contributed by atoms with van der Waals surface area (Å²) in [6.45, 7) is 0. The van der Waals surface area contributed by atoms with Gasteiger partial charge in [0.2, 0.25) is 0 Å². The van der Waals surface area contributed by atoms with E-state index in [1.54, 1.807) is 6.07 Å². The van der Waals surface area contributed by atoms with E-state index in [0.29, 0.717) is 6.07 Å². The Bertz CT molecular complexity index is 505. The Hall–Kier alpha value is -1.74. The van der Waals surface area contributed by atoms with Crippen molar-refractivity contribution in [1.29, 1.82) is 5.26 Å². The van der Waals surface area contributed by atoms with Crippen molar-refractivity contribution in [2.75, 3.05) is 7.11 Å². The van der Waals surface area contributed by atoms with Gasteiger partial charge in [-0.25, -0.2) is 0 Å². The van der Waals surface area contributed by atoms with Crippen molar-refractivity contribution >= 4 is 16.8 Å². The number of halogens is 4. The van der Waals surface area contributed by atoms with Crippen LogP contribution in [0.15, 0.2) is 12.1 Å². The molecule has 0 N–H and O–H groups in total. The molecule has 0 amide bonds. The number of ether oxygens (including phenoxy) is 1. The molecule has 0 unspecified atom stereocenters. The molecule has 90 valence electrons. The number of carbonyl (C=O) groups is 1. The average molecular weight is 264 g/mol. The lowest BCUT2D eigenvalue weighted by Gasteiger charge is -2.12. The first-order chi connectivity index (χ1) is 7.81. The van der Waals surface area contributed by atoms with E-state index in [2.05, 4.69) is 4.74 Å². The van der Waals surface area contributed by atoms with Crippen molar-refractivity contribution in [2.45, 2.75) is 6.18 Å². The molecule has 0 fully saturated rings. The van der Waals surface area contributed by atoms with Crippen molar-refractivity contribution in [3.05, 3.63) is 28.8 Å². The van der Waals surface area contributed by atoms with E-state index in [1.807, 2.05) is 0 Å². The minimum atomic E-state index is -4.75. The lowest BCUT2D eigenvalue weighted by Crippen LogP contribution is -2.12. The molecular formula is C10H5ClF3NO2. The predicted octanol–water partition coefficient (Wildman–Crippen LogP) is 2.96. The SMILES string of the molecule is COc1cc(C(F)(F)F)c(C(=O)Cl)cc1C#N. The highest BCUT2D eigenvalue weighted by molar-refractivity contribution is 6.68. The minimum absolute atomic E-state index is 0.190. The molecule has 1 aromatic rings. The van der Waals surface area contributed by atoms with Crippen LogP contribution in [0.25, 0.3) is 0 Å². The highest BCUT2D eigenvalue weighted by Crippen LogP contribution is 2.36. The monoisotopic (exact) mass is 263 g/mol. The van der Waals surface area contributed by atoms with Crippen LogP contribution in [0, 0.1) is 11.3 Å². The van der Waals surface area contributed by atoms with Gasteiger partial charge in [-0.15, -0.1) is 0 Å². The molecular weight excluding hydrogens is 259 g/mol. The number of alkyl halides is 3. The zero-order chi connectivity index (χ0) is 13.2. The molecule has 0 saturated carbocycles. The summed E-state index contributed by atoms with van der Waals surface area (Å²) < 4.78 is 42.5. The van der Waals surface area contributed by atoms with Crippen LogP contribution in [0.5, 0.6) is 5.75 Å². The fourth-order valence-electron chi connectivity index (χ4n) is 1.23. The molecule has 1 aromatic carbocycles. The smallest absolute Gasteiger partial charge is 0.417 e. The van der Waals surface area contributed by atoms with Gasteiger partial charge in [-0.05, 0) is 23.7 Å². The number of benzene rings is 1. The third-order valence-electron chi connectivity index (χ3n) is 1.98. The quantitative estimate of drug-likeness (QED) is 0.771. The second-order valence-corrected chi connectivity index (χ2v) is 3.32. The van der Waals surface area contributed by atoms with Gasteiger partial charge in [-0.3, -0.25) is 4.79 Å². The number of nitriles is 1. The predicted molar refractivity (Wildman–Crippen MR) is 52.9 cm³/mol. The topological polar surface area (TPSA) is 50.1 Å². The molecule has 0 aliphatic heterocycles. The van der Waals surface area contributed by atoms with Gasteiger partial charge in [0.25, 0.3) is 5.24 Å². The van der Waals surface area contributed by atoms with Gasteiger partial charge in [0.1, 0.15) is 11.8 Å². The van der Waals surface area contributed by atoms with Crippen molar-refractivity contribution in [3.63, 3.8) is 0 Å². The van der Waals surface area contributed by atoms with Gasteiger partial charge in [-0.2, -0.15) is 18.4 Å². The number of hydrogen-bond acceptors (Lipinski definition) is 3. The van der Waals surface area contributed by atoms with E-state index in [0.717, 1.165) is 13.2 Å². The molecule has 1 rings (SSSR count). The summed E-state index contributed by atoms with van der Waals surface area (Å²) >= 11 is 5.05. The van der Waals surface area contributed by atoms with Crippen molar-refractivity contribution < 1.29 is 22.7 Å². The third-order valence-corrected chi connectivity index (χ3v) is 2.18. The zero-order valence-electron chi connectivity index (χ0n) is 8.43. The lowest BCUT2D eigenvalue weighted by atomic mass is 10.0. The second-order valence-electron chi connectivity index (χ2n) is 2.98. The molecule has 0 spiro atoms. The molecule has 0 heterocycles. The maximum Gasteiger partial charge on any atom is 0.417 e. The number of methoxy groups -OCH3 is 1. The molecule has 3 nitrogen and oxygen atoms in total. The van der Waals surface area contributed by atoms with Crippen LogP contribution in [0.4, 0.5) is 13.2 Å². The Labute approximate surface area is 99.4 Å². The van der Waals surface area contributed by atoms with Gasteiger partial charge in [-0.1, -0.05) is 0 Å². The molecule has 0 aromatic heterocycles. The lowest BCUT2D eigenvalue weighted by molar-refractivity contribution is -0.138.